The summed E-state index contributed by atoms with van der Waals surface area (Å²) in [6.07, 6.45) is 2.96. The van der Waals surface area contributed by atoms with Crippen LogP contribution in [-0.4, -0.2) is 14.5 Å². The monoisotopic (exact) mass is 316 g/mol. The van der Waals surface area contributed by atoms with Crippen LogP contribution in [0.5, 0.6) is 0 Å². The molecule has 3 atom stereocenters. The van der Waals surface area contributed by atoms with Gasteiger partial charge in [0, 0.05) is 11.1 Å². The van der Waals surface area contributed by atoms with Crippen LogP contribution in [0, 0.1) is 11.8 Å². The minimum absolute atomic E-state index is 0.0220. The second kappa shape index (κ2) is 5.92. The smallest absolute Gasteiger partial charge is 0.242 e. The van der Waals surface area contributed by atoms with E-state index in [1.807, 2.05) is 0 Å². The van der Waals surface area contributed by atoms with E-state index >= 15 is 0 Å². The number of rotatable bonds is 3. The molecule has 3 N–H and O–H groups in total. The fourth-order valence-corrected chi connectivity index (χ4v) is 4.54. The first kappa shape index (κ1) is 15.6. The lowest BCUT2D eigenvalue weighted by molar-refractivity contribution is 0.249. The molecule has 0 radical (unpaired) electrons. The highest BCUT2D eigenvalue weighted by Gasteiger charge is 2.30. The van der Waals surface area contributed by atoms with Crippen molar-refractivity contribution in [3.63, 3.8) is 0 Å². The zero-order chi connectivity index (χ0) is 14.9. The number of nitrogen functional groups attached to an aromatic ring is 1. The molecule has 0 bridgehead atoms. The predicted octanol–water partition coefficient (Wildman–Crippen LogP) is 3.03. The van der Waals surface area contributed by atoms with Gasteiger partial charge in [0.1, 0.15) is 4.90 Å². The van der Waals surface area contributed by atoms with E-state index in [0.29, 0.717) is 16.9 Å². The number of halogens is 1. The minimum Gasteiger partial charge on any atom is -0.398 e. The highest BCUT2D eigenvalue weighted by molar-refractivity contribution is 7.89. The van der Waals surface area contributed by atoms with Gasteiger partial charge in [0.15, 0.2) is 0 Å². The first-order valence-electron chi connectivity index (χ1n) is 6.87. The fourth-order valence-electron chi connectivity index (χ4n) is 2.87. The summed E-state index contributed by atoms with van der Waals surface area (Å²) in [6.45, 7) is 4.30. The van der Waals surface area contributed by atoms with Gasteiger partial charge in [-0.25, -0.2) is 13.1 Å². The van der Waals surface area contributed by atoms with E-state index in [1.165, 1.54) is 12.1 Å². The van der Waals surface area contributed by atoms with Gasteiger partial charge in [0.05, 0.1) is 5.69 Å². The third-order valence-electron chi connectivity index (χ3n) is 4.00. The summed E-state index contributed by atoms with van der Waals surface area (Å²) in [4.78, 5) is 0.104. The molecule has 112 valence electrons. The van der Waals surface area contributed by atoms with E-state index < -0.39 is 10.0 Å². The minimum atomic E-state index is -3.59. The number of hydrogen-bond acceptors (Lipinski definition) is 3. The van der Waals surface area contributed by atoms with Gasteiger partial charge in [-0.3, -0.25) is 0 Å². The number of sulfonamides is 1. The third-order valence-corrected chi connectivity index (χ3v) is 5.80. The highest BCUT2D eigenvalue weighted by Crippen LogP contribution is 2.30. The van der Waals surface area contributed by atoms with E-state index in [2.05, 4.69) is 18.6 Å². The standard InChI is InChI=1S/C14H21ClN2O2S/c1-9-3-5-13(10(2)7-9)17-20(18,19)14-6-4-11(15)8-12(14)16/h4,6,8-10,13,17H,3,5,7,16H2,1-2H3. The average Bonchev–Trinajstić information content (AvgIpc) is 2.32. The van der Waals surface area contributed by atoms with Crippen LogP contribution in [0.25, 0.3) is 0 Å². The van der Waals surface area contributed by atoms with Crippen LogP contribution in [0.4, 0.5) is 5.69 Å². The Labute approximate surface area is 125 Å². The van der Waals surface area contributed by atoms with Crippen molar-refractivity contribution in [3.05, 3.63) is 23.2 Å². The molecule has 0 aromatic heterocycles. The molecule has 0 amide bonds. The van der Waals surface area contributed by atoms with E-state index in [1.54, 1.807) is 6.07 Å². The number of nitrogens with two attached hydrogens (primary N) is 1. The largest absolute Gasteiger partial charge is 0.398 e. The maximum absolute atomic E-state index is 12.4. The molecule has 4 nitrogen and oxygen atoms in total. The van der Waals surface area contributed by atoms with Crippen LogP contribution in [0.2, 0.25) is 5.02 Å². The summed E-state index contributed by atoms with van der Waals surface area (Å²) in [5.41, 5.74) is 5.95. The molecule has 6 heteroatoms. The number of benzene rings is 1. The van der Waals surface area contributed by atoms with Gasteiger partial charge in [-0.2, -0.15) is 0 Å². The van der Waals surface area contributed by atoms with Gasteiger partial charge >= 0.3 is 0 Å². The fraction of sp³-hybridized carbons (Fsp3) is 0.571. The number of nitrogens with one attached hydrogen (secondary N) is 1. The Bertz CT molecular complexity index is 589. The van der Waals surface area contributed by atoms with E-state index in [-0.39, 0.29) is 16.6 Å². The van der Waals surface area contributed by atoms with E-state index in [0.717, 1.165) is 19.3 Å². The maximum Gasteiger partial charge on any atom is 0.242 e. The van der Waals surface area contributed by atoms with Crippen LogP contribution in [0.3, 0.4) is 0 Å². The van der Waals surface area contributed by atoms with Crippen molar-refractivity contribution in [3.8, 4) is 0 Å². The van der Waals surface area contributed by atoms with Crippen LogP contribution >= 0.6 is 11.6 Å². The summed E-state index contributed by atoms with van der Waals surface area (Å²) in [5, 5.41) is 0.432. The average molecular weight is 317 g/mol. The van der Waals surface area contributed by atoms with Crippen LogP contribution in [0.1, 0.15) is 33.1 Å². The Morgan fingerprint density at radius 2 is 2.00 bits per heavy atom. The lowest BCUT2D eigenvalue weighted by Crippen LogP contribution is -2.42. The second-order valence-electron chi connectivity index (χ2n) is 5.81. The molecule has 0 spiro atoms. The summed E-state index contributed by atoms with van der Waals surface area (Å²) in [6, 6.07) is 4.43. The van der Waals surface area contributed by atoms with E-state index in [4.69, 9.17) is 17.3 Å². The maximum atomic E-state index is 12.4. The summed E-state index contributed by atoms with van der Waals surface area (Å²) < 4.78 is 27.6. The van der Waals surface area contributed by atoms with Crippen molar-refractivity contribution < 1.29 is 8.42 Å². The molecular weight excluding hydrogens is 296 g/mol. The van der Waals surface area contributed by atoms with Crippen molar-refractivity contribution in [2.45, 2.75) is 44.0 Å². The lowest BCUT2D eigenvalue weighted by Gasteiger charge is -2.33. The summed E-state index contributed by atoms with van der Waals surface area (Å²) >= 11 is 5.80. The van der Waals surface area contributed by atoms with Crippen LogP contribution in [0.15, 0.2) is 23.1 Å². The van der Waals surface area contributed by atoms with Gasteiger partial charge in [-0.1, -0.05) is 25.4 Å². The molecule has 1 aromatic carbocycles. The molecule has 20 heavy (non-hydrogen) atoms. The van der Waals surface area contributed by atoms with Gasteiger partial charge in [0.25, 0.3) is 0 Å². The highest BCUT2D eigenvalue weighted by atomic mass is 35.5. The molecular formula is C14H21ClN2O2S. The number of anilines is 1. The number of hydrogen-bond donors (Lipinski definition) is 2. The Balaban J connectivity index is 2.19. The van der Waals surface area contributed by atoms with Gasteiger partial charge < -0.3 is 5.73 Å². The van der Waals surface area contributed by atoms with Crippen LogP contribution in [-0.2, 0) is 10.0 Å². The summed E-state index contributed by atoms with van der Waals surface area (Å²) in [5.74, 6) is 0.994. The molecule has 1 aliphatic rings. The predicted molar refractivity (Wildman–Crippen MR) is 82.2 cm³/mol. The molecule has 0 heterocycles. The Morgan fingerprint density at radius 1 is 1.30 bits per heavy atom. The molecule has 0 aliphatic heterocycles. The molecule has 2 rings (SSSR count). The Hall–Kier alpha value is -0.780. The van der Waals surface area contributed by atoms with Gasteiger partial charge in [-0.15, -0.1) is 0 Å². The van der Waals surface area contributed by atoms with Crippen molar-refractivity contribution in [1.29, 1.82) is 0 Å². The zero-order valence-electron chi connectivity index (χ0n) is 11.8. The first-order chi connectivity index (χ1) is 9.29. The van der Waals surface area contributed by atoms with Crippen molar-refractivity contribution in [2.75, 3.05) is 5.73 Å². The quantitative estimate of drug-likeness (QED) is 0.842. The van der Waals surface area contributed by atoms with Crippen molar-refractivity contribution >= 4 is 27.3 Å². The zero-order valence-corrected chi connectivity index (χ0v) is 13.3. The molecule has 3 unspecified atom stereocenters. The summed E-state index contributed by atoms with van der Waals surface area (Å²) in [7, 11) is -3.59. The van der Waals surface area contributed by atoms with Crippen LogP contribution < -0.4 is 10.5 Å². The van der Waals surface area contributed by atoms with Crippen molar-refractivity contribution in [1.82, 2.24) is 4.72 Å². The lowest BCUT2D eigenvalue weighted by atomic mass is 9.80. The Kier molecular flexibility index (Phi) is 4.62. The van der Waals surface area contributed by atoms with Gasteiger partial charge in [0.2, 0.25) is 10.0 Å². The first-order valence-corrected chi connectivity index (χ1v) is 8.73. The van der Waals surface area contributed by atoms with Gasteiger partial charge in [-0.05, 0) is 49.3 Å². The molecule has 0 saturated heterocycles. The molecule has 1 fully saturated rings. The second-order valence-corrected chi connectivity index (χ2v) is 7.92. The molecule has 1 saturated carbocycles. The van der Waals surface area contributed by atoms with Crippen molar-refractivity contribution in [2.24, 2.45) is 11.8 Å². The molecule has 1 aromatic rings. The Morgan fingerprint density at radius 3 is 2.60 bits per heavy atom. The molecule has 1 aliphatic carbocycles. The topological polar surface area (TPSA) is 72.2 Å². The van der Waals surface area contributed by atoms with E-state index in [9.17, 15) is 8.42 Å². The normalized spacial score (nSPS) is 27.4. The SMILES string of the molecule is CC1CCC(NS(=O)(=O)c2ccc(Cl)cc2N)C(C)C1. The third kappa shape index (κ3) is 3.45.